The van der Waals surface area contributed by atoms with Gasteiger partial charge < -0.3 is 5.11 Å². The first-order chi connectivity index (χ1) is 8.63. The quantitative estimate of drug-likeness (QED) is 0.892. The minimum absolute atomic E-state index is 0.229. The zero-order valence-electron chi connectivity index (χ0n) is 11.9. The summed E-state index contributed by atoms with van der Waals surface area (Å²) in [6.07, 6.45) is 7.05. The van der Waals surface area contributed by atoms with E-state index in [0.717, 1.165) is 12.1 Å². The molecule has 3 nitrogen and oxygen atoms in total. The first-order valence-corrected chi connectivity index (χ1v) is 7.34. The Bertz CT molecular complexity index is 391. The van der Waals surface area contributed by atoms with Gasteiger partial charge in [0, 0.05) is 5.69 Å². The third-order valence-corrected chi connectivity index (χ3v) is 4.44. The molecule has 0 saturated heterocycles. The molecule has 1 aromatic rings. The fourth-order valence-electron chi connectivity index (χ4n) is 3.27. The Morgan fingerprint density at radius 1 is 1.28 bits per heavy atom. The minimum Gasteiger partial charge on any atom is -0.391 e. The van der Waals surface area contributed by atoms with Gasteiger partial charge in [-0.2, -0.15) is 5.10 Å². The van der Waals surface area contributed by atoms with Crippen LogP contribution >= 0.6 is 0 Å². The van der Waals surface area contributed by atoms with Crippen LogP contribution in [-0.2, 0) is 13.0 Å². The van der Waals surface area contributed by atoms with E-state index in [1.54, 1.807) is 0 Å². The largest absolute Gasteiger partial charge is 0.391 e. The van der Waals surface area contributed by atoms with Crippen LogP contribution in [0.3, 0.4) is 0 Å². The number of aliphatic hydroxyl groups excluding tert-OH is 1. The van der Waals surface area contributed by atoms with Gasteiger partial charge in [0.15, 0.2) is 0 Å². The molecule has 1 aliphatic carbocycles. The van der Waals surface area contributed by atoms with Gasteiger partial charge in [-0.1, -0.05) is 26.2 Å². The first-order valence-electron chi connectivity index (χ1n) is 7.34. The monoisotopic (exact) mass is 250 g/mol. The predicted molar refractivity (Wildman–Crippen MR) is 73.7 cm³/mol. The maximum absolute atomic E-state index is 10.4. The molecule has 0 amide bonds. The molecule has 1 saturated carbocycles. The van der Waals surface area contributed by atoms with Gasteiger partial charge in [0.05, 0.1) is 18.3 Å². The van der Waals surface area contributed by atoms with Crippen molar-refractivity contribution in [2.24, 2.45) is 5.92 Å². The summed E-state index contributed by atoms with van der Waals surface area (Å²) in [5.41, 5.74) is 3.68. The van der Waals surface area contributed by atoms with Crippen LogP contribution in [0.2, 0.25) is 0 Å². The van der Waals surface area contributed by atoms with Gasteiger partial charge in [0.2, 0.25) is 0 Å². The molecule has 1 heterocycles. The van der Waals surface area contributed by atoms with Crippen LogP contribution < -0.4 is 0 Å². The van der Waals surface area contributed by atoms with Crippen molar-refractivity contribution in [1.82, 2.24) is 9.78 Å². The van der Waals surface area contributed by atoms with Crippen molar-refractivity contribution >= 4 is 0 Å². The molecule has 18 heavy (non-hydrogen) atoms. The fourth-order valence-corrected chi connectivity index (χ4v) is 3.27. The summed E-state index contributed by atoms with van der Waals surface area (Å²) in [7, 11) is 0. The summed E-state index contributed by atoms with van der Waals surface area (Å²) in [6, 6.07) is 0. The van der Waals surface area contributed by atoms with Crippen LogP contribution in [-0.4, -0.2) is 21.0 Å². The second kappa shape index (κ2) is 5.87. The van der Waals surface area contributed by atoms with Crippen molar-refractivity contribution in [3.63, 3.8) is 0 Å². The topological polar surface area (TPSA) is 38.0 Å². The number of aliphatic hydroxyl groups is 1. The van der Waals surface area contributed by atoms with E-state index >= 15 is 0 Å². The van der Waals surface area contributed by atoms with E-state index in [1.165, 1.54) is 43.4 Å². The number of hydrogen-bond donors (Lipinski definition) is 1. The lowest BCUT2D eigenvalue weighted by molar-refractivity contribution is 0.0658. The lowest BCUT2D eigenvalue weighted by Gasteiger charge is -2.26. The van der Waals surface area contributed by atoms with Crippen LogP contribution in [0.1, 0.15) is 56.0 Å². The van der Waals surface area contributed by atoms with Gasteiger partial charge in [-0.3, -0.25) is 4.68 Å². The van der Waals surface area contributed by atoms with Crippen molar-refractivity contribution in [3.05, 3.63) is 17.0 Å². The van der Waals surface area contributed by atoms with Gasteiger partial charge in [-0.15, -0.1) is 0 Å². The standard InChI is InChI=1S/C15H26N2O/c1-4-14-11(2)16-17(12(14)3)10-15(18)13-8-6-5-7-9-13/h13,15,18H,4-10H2,1-3H3. The van der Waals surface area contributed by atoms with Crippen molar-refractivity contribution in [2.45, 2.75) is 71.9 Å². The number of nitrogens with zero attached hydrogens (tertiary/aromatic N) is 2. The molecule has 0 spiro atoms. The third-order valence-electron chi connectivity index (χ3n) is 4.44. The minimum atomic E-state index is -0.229. The normalized spacial score (nSPS) is 19.1. The fraction of sp³-hybridized carbons (Fsp3) is 0.800. The molecule has 1 aromatic heterocycles. The molecule has 1 aliphatic rings. The number of hydrogen-bond acceptors (Lipinski definition) is 2. The van der Waals surface area contributed by atoms with Crippen molar-refractivity contribution in [1.29, 1.82) is 0 Å². The maximum Gasteiger partial charge on any atom is 0.0764 e. The average Bonchev–Trinajstić information content (AvgIpc) is 2.65. The Morgan fingerprint density at radius 3 is 2.50 bits per heavy atom. The van der Waals surface area contributed by atoms with E-state index in [-0.39, 0.29) is 6.10 Å². The van der Waals surface area contributed by atoms with Crippen LogP contribution in [0.25, 0.3) is 0 Å². The predicted octanol–water partition coefficient (Wildman–Crippen LogP) is 3.00. The average molecular weight is 250 g/mol. The Hall–Kier alpha value is -0.830. The van der Waals surface area contributed by atoms with E-state index in [1.807, 2.05) is 4.68 Å². The first kappa shape index (κ1) is 13.6. The highest BCUT2D eigenvalue weighted by atomic mass is 16.3. The highest BCUT2D eigenvalue weighted by Crippen LogP contribution is 2.27. The molecule has 0 radical (unpaired) electrons. The highest BCUT2D eigenvalue weighted by molar-refractivity contribution is 5.24. The van der Waals surface area contributed by atoms with E-state index in [4.69, 9.17) is 0 Å². The molecule has 1 atom stereocenters. The number of rotatable bonds is 4. The summed E-state index contributed by atoms with van der Waals surface area (Å²) in [6.45, 7) is 7.01. The molecular formula is C15H26N2O. The molecule has 102 valence electrons. The van der Waals surface area contributed by atoms with E-state index in [0.29, 0.717) is 12.5 Å². The SMILES string of the molecule is CCc1c(C)nn(CC(O)C2CCCCC2)c1C. The molecule has 1 fully saturated rings. The Kier molecular flexibility index (Phi) is 4.44. The highest BCUT2D eigenvalue weighted by Gasteiger charge is 2.23. The lowest BCUT2D eigenvalue weighted by atomic mass is 9.85. The molecule has 0 aromatic carbocycles. The number of aromatic nitrogens is 2. The van der Waals surface area contributed by atoms with Crippen molar-refractivity contribution in [3.8, 4) is 0 Å². The second-order valence-electron chi connectivity index (χ2n) is 5.65. The zero-order valence-corrected chi connectivity index (χ0v) is 11.9. The van der Waals surface area contributed by atoms with Crippen molar-refractivity contribution in [2.75, 3.05) is 0 Å². The molecule has 3 heteroatoms. The Morgan fingerprint density at radius 2 is 1.94 bits per heavy atom. The van der Waals surface area contributed by atoms with Gasteiger partial charge in [0.1, 0.15) is 0 Å². The van der Waals surface area contributed by atoms with E-state index < -0.39 is 0 Å². The zero-order chi connectivity index (χ0) is 13.1. The summed E-state index contributed by atoms with van der Waals surface area (Å²) < 4.78 is 2.01. The van der Waals surface area contributed by atoms with Crippen molar-refractivity contribution < 1.29 is 5.11 Å². The van der Waals surface area contributed by atoms with Crippen LogP contribution in [0.15, 0.2) is 0 Å². The van der Waals surface area contributed by atoms with Gasteiger partial charge in [0.25, 0.3) is 0 Å². The molecular weight excluding hydrogens is 224 g/mol. The second-order valence-corrected chi connectivity index (χ2v) is 5.65. The summed E-state index contributed by atoms with van der Waals surface area (Å²) >= 11 is 0. The van der Waals surface area contributed by atoms with Crippen LogP contribution in [0, 0.1) is 19.8 Å². The number of aryl methyl sites for hydroxylation is 1. The third kappa shape index (κ3) is 2.77. The molecule has 0 bridgehead atoms. The Labute approximate surface area is 110 Å². The maximum atomic E-state index is 10.4. The molecule has 1 unspecified atom stereocenters. The van der Waals surface area contributed by atoms with Crippen LogP contribution in [0.4, 0.5) is 0 Å². The van der Waals surface area contributed by atoms with Gasteiger partial charge >= 0.3 is 0 Å². The Balaban J connectivity index is 2.04. The summed E-state index contributed by atoms with van der Waals surface area (Å²) in [5, 5.41) is 14.9. The van der Waals surface area contributed by atoms with Gasteiger partial charge in [-0.05, 0) is 44.6 Å². The van der Waals surface area contributed by atoms with Crippen LogP contribution in [0.5, 0.6) is 0 Å². The summed E-state index contributed by atoms with van der Waals surface area (Å²) in [5.74, 6) is 0.479. The molecule has 1 N–H and O–H groups in total. The van der Waals surface area contributed by atoms with E-state index in [9.17, 15) is 5.11 Å². The molecule has 0 aliphatic heterocycles. The van der Waals surface area contributed by atoms with Gasteiger partial charge in [-0.25, -0.2) is 0 Å². The lowest BCUT2D eigenvalue weighted by Crippen LogP contribution is -2.28. The smallest absolute Gasteiger partial charge is 0.0764 e. The van der Waals surface area contributed by atoms with E-state index in [2.05, 4.69) is 25.9 Å². The molecule has 2 rings (SSSR count). The summed E-state index contributed by atoms with van der Waals surface area (Å²) in [4.78, 5) is 0.